The van der Waals surface area contributed by atoms with E-state index in [1.807, 2.05) is 24.3 Å². The number of nitrogens with zero attached hydrogens (tertiary/aromatic N) is 2. The molecule has 0 saturated heterocycles. The van der Waals surface area contributed by atoms with Crippen LogP contribution in [-0.4, -0.2) is 30.4 Å². The van der Waals surface area contributed by atoms with E-state index in [0.717, 1.165) is 10.0 Å². The van der Waals surface area contributed by atoms with Gasteiger partial charge >= 0.3 is 0 Å². The van der Waals surface area contributed by atoms with Crippen LogP contribution in [-0.2, 0) is 0 Å². The van der Waals surface area contributed by atoms with Crippen LogP contribution >= 0.6 is 15.9 Å². The number of hydrogen-bond acceptors (Lipinski definition) is 4. The predicted octanol–water partition coefficient (Wildman–Crippen LogP) is 3.79. The highest BCUT2D eigenvalue weighted by molar-refractivity contribution is 9.10. The number of H-pyrrole nitrogens is 2. The first-order chi connectivity index (χ1) is 11.1. The summed E-state index contributed by atoms with van der Waals surface area (Å²) in [5.41, 5.74) is 3.00. The fourth-order valence-electron chi connectivity index (χ4n) is 2.45. The lowest BCUT2D eigenvalue weighted by Crippen LogP contribution is -1.80. The van der Waals surface area contributed by atoms with Crippen LogP contribution in [0, 0.1) is 0 Å². The molecule has 0 fully saturated rings. The van der Waals surface area contributed by atoms with Crippen molar-refractivity contribution in [1.29, 1.82) is 0 Å². The van der Waals surface area contributed by atoms with Crippen molar-refractivity contribution in [2.75, 3.05) is 0 Å². The molecule has 0 amide bonds. The van der Waals surface area contributed by atoms with Crippen LogP contribution in [0.5, 0.6) is 11.5 Å². The summed E-state index contributed by atoms with van der Waals surface area (Å²) < 4.78 is 0.901. The molecule has 6 nitrogen and oxygen atoms in total. The number of nitrogens with one attached hydrogen (secondary N) is 2. The molecule has 2 aromatic carbocycles. The molecule has 0 unspecified atom stereocenters. The number of aromatic hydroxyl groups is 2. The lowest BCUT2D eigenvalue weighted by molar-refractivity contribution is 0.476. The van der Waals surface area contributed by atoms with Gasteiger partial charge in [-0.15, -0.1) is 0 Å². The molecule has 2 heterocycles. The van der Waals surface area contributed by atoms with Crippen molar-refractivity contribution < 1.29 is 10.2 Å². The van der Waals surface area contributed by atoms with Gasteiger partial charge in [0, 0.05) is 16.1 Å². The van der Waals surface area contributed by atoms with Crippen LogP contribution in [0.4, 0.5) is 0 Å². The van der Waals surface area contributed by atoms with Gasteiger partial charge in [-0.25, -0.2) is 4.98 Å². The molecule has 0 saturated carbocycles. The number of aromatic amines is 2. The van der Waals surface area contributed by atoms with Crippen LogP contribution in [0.1, 0.15) is 0 Å². The van der Waals surface area contributed by atoms with Crippen LogP contribution in [0.2, 0.25) is 0 Å². The number of fused-ring (bicyclic) bond motifs is 1. The summed E-state index contributed by atoms with van der Waals surface area (Å²) >= 11 is 3.40. The number of aromatic nitrogens is 4. The summed E-state index contributed by atoms with van der Waals surface area (Å²) in [6.07, 6.45) is 0. The Morgan fingerprint density at radius 3 is 2.74 bits per heavy atom. The molecule has 7 heteroatoms. The third-order valence-electron chi connectivity index (χ3n) is 3.54. The van der Waals surface area contributed by atoms with E-state index in [1.165, 1.54) is 0 Å². The van der Waals surface area contributed by atoms with Gasteiger partial charge in [-0.3, -0.25) is 5.10 Å². The predicted molar refractivity (Wildman–Crippen MR) is 90.1 cm³/mol. The fraction of sp³-hybridized carbons (Fsp3) is 0. The van der Waals surface area contributed by atoms with E-state index < -0.39 is 0 Å². The van der Waals surface area contributed by atoms with Gasteiger partial charge in [0.1, 0.15) is 17.1 Å². The molecule has 4 N–H and O–H groups in total. The first kappa shape index (κ1) is 13.8. The number of benzene rings is 2. The molecule has 2 aromatic heterocycles. The quantitative estimate of drug-likeness (QED) is 0.431. The molecule has 0 aliphatic rings. The van der Waals surface area contributed by atoms with Gasteiger partial charge in [0.2, 0.25) is 0 Å². The molecule has 23 heavy (non-hydrogen) atoms. The lowest BCUT2D eigenvalue weighted by Gasteiger charge is -1.99. The second-order valence-electron chi connectivity index (χ2n) is 5.09. The summed E-state index contributed by atoms with van der Waals surface area (Å²) in [6, 6.07) is 12.4. The van der Waals surface area contributed by atoms with Crippen LogP contribution in [0.25, 0.3) is 33.8 Å². The Kier molecular flexibility index (Phi) is 3.09. The van der Waals surface area contributed by atoms with Crippen molar-refractivity contribution in [2.24, 2.45) is 0 Å². The second-order valence-corrected chi connectivity index (χ2v) is 6.01. The molecule has 0 atom stereocenters. The number of halogens is 1. The third-order valence-corrected chi connectivity index (χ3v) is 4.03. The highest BCUT2D eigenvalue weighted by Crippen LogP contribution is 2.36. The molecule has 4 aromatic rings. The maximum atomic E-state index is 10.5. The molecule has 0 bridgehead atoms. The van der Waals surface area contributed by atoms with Gasteiger partial charge in [-0.05, 0) is 24.3 Å². The summed E-state index contributed by atoms with van der Waals surface area (Å²) in [5, 5.41) is 27.0. The Labute approximate surface area is 139 Å². The lowest BCUT2D eigenvalue weighted by atomic mass is 10.1. The summed E-state index contributed by atoms with van der Waals surface area (Å²) in [4.78, 5) is 7.46. The van der Waals surface area contributed by atoms with Crippen molar-refractivity contribution in [2.45, 2.75) is 0 Å². The number of phenols is 1. The van der Waals surface area contributed by atoms with E-state index in [9.17, 15) is 10.2 Å². The Morgan fingerprint density at radius 2 is 1.91 bits per heavy atom. The molecular weight excluding hydrogens is 360 g/mol. The number of imidazole rings is 1. The highest BCUT2D eigenvalue weighted by Gasteiger charge is 2.18. The Balaban J connectivity index is 1.83. The minimum Gasteiger partial charge on any atom is -0.508 e. The second kappa shape index (κ2) is 5.13. The van der Waals surface area contributed by atoms with E-state index in [0.29, 0.717) is 28.2 Å². The number of hydrogen-bond donors (Lipinski definition) is 4. The van der Waals surface area contributed by atoms with Crippen LogP contribution < -0.4 is 0 Å². The molecule has 0 aliphatic heterocycles. The zero-order valence-corrected chi connectivity index (χ0v) is 13.3. The standard InChI is InChI=1S/C16H11BrN4O2/c17-9-3-1-2-8(6-9)13-15(23)14(21-20-13)16-18-11-5-4-10(22)7-12(11)19-16/h1-7,22-23H,(H,18,19)(H,20,21). The van der Waals surface area contributed by atoms with E-state index in [4.69, 9.17) is 0 Å². The third kappa shape index (κ3) is 2.35. The average molecular weight is 371 g/mol. The monoisotopic (exact) mass is 370 g/mol. The number of phenolic OH excluding ortho intramolecular Hbond substituents is 1. The Morgan fingerprint density at radius 1 is 1.04 bits per heavy atom. The maximum absolute atomic E-state index is 10.5. The zero-order chi connectivity index (χ0) is 16.0. The van der Waals surface area contributed by atoms with Gasteiger partial charge in [-0.2, -0.15) is 5.10 Å². The molecule has 0 aliphatic carbocycles. The SMILES string of the molecule is Oc1ccc2nc(-c3[nH]nc(-c4cccc(Br)c4)c3O)[nH]c2c1. The first-order valence-electron chi connectivity index (χ1n) is 6.84. The molecule has 0 spiro atoms. The van der Waals surface area contributed by atoms with Crippen LogP contribution in [0.15, 0.2) is 46.9 Å². The fourth-order valence-corrected chi connectivity index (χ4v) is 2.85. The number of rotatable bonds is 2. The van der Waals surface area contributed by atoms with Crippen molar-refractivity contribution in [1.82, 2.24) is 20.2 Å². The van der Waals surface area contributed by atoms with Gasteiger partial charge in [0.15, 0.2) is 11.6 Å². The Bertz CT molecular complexity index is 1020. The van der Waals surface area contributed by atoms with E-state index in [2.05, 4.69) is 36.1 Å². The Hall–Kier alpha value is -2.80. The normalized spacial score (nSPS) is 11.2. The van der Waals surface area contributed by atoms with Gasteiger partial charge < -0.3 is 15.2 Å². The zero-order valence-electron chi connectivity index (χ0n) is 11.7. The smallest absolute Gasteiger partial charge is 0.172 e. The van der Waals surface area contributed by atoms with Crippen molar-refractivity contribution in [3.63, 3.8) is 0 Å². The van der Waals surface area contributed by atoms with E-state index in [-0.39, 0.29) is 11.5 Å². The molecule has 114 valence electrons. The topological polar surface area (TPSA) is 97.8 Å². The first-order valence-corrected chi connectivity index (χ1v) is 7.63. The minimum absolute atomic E-state index is 0.0198. The van der Waals surface area contributed by atoms with Crippen molar-refractivity contribution >= 4 is 27.0 Å². The molecular formula is C16H11BrN4O2. The largest absolute Gasteiger partial charge is 0.508 e. The van der Waals surface area contributed by atoms with E-state index in [1.54, 1.807) is 18.2 Å². The van der Waals surface area contributed by atoms with E-state index >= 15 is 0 Å². The maximum Gasteiger partial charge on any atom is 0.172 e. The van der Waals surface area contributed by atoms with Crippen molar-refractivity contribution in [3.8, 4) is 34.3 Å². The van der Waals surface area contributed by atoms with Gasteiger partial charge in [0.25, 0.3) is 0 Å². The molecule has 4 rings (SSSR count). The summed E-state index contributed by atoms with van der Waals surface area (Å²) in [5.74, 6) is 0.625. The minimum atomic E-state index is 0.0198. The van der Waals surface area contributed by atoms with Gasteiger partial charge in [-0.1, -0.05) is 28.1 Å². The van der Waals surface area contributed by atoms with Gasteiger partial charge in [0.05, 0.1) is 11.0 Å². The molecule has 0 radical (unpaired) electrons. The summed E-state index contributed by atoms with van der Waals surface area (Å²) in [7, 11) is 0. The van der Waals surface area contributed by atoms with Crippen LogP contribution in [0.3, 0.4) is 0 Å². The average Bonchev–Trinajstić information content (AvgIpc) is 3.10. The summed E-state index contributed by atoms with van der Waals surface area (Å²) in [6.45, 7) is 0. The van der Waals surface area contributed by atoms with Crippen molar-refractivity contribution in [3.05, 3.63) is 46.9 Å². The highest BCUT2D eigenvalue weighted by atomic mass is 79.9.